The van der Waals surface area contributed by atoms with Crippen molar-refractivity contribution in [2.75, 3.05) is 45.8 Å². The van der Waals surface area contributed by atoms with Crippen LogP contribution in [-0.4, -0.2) is 81.7 Å². The van der Waals surface area contributed by atoms with Gasteiger partial charge in [0.05, 0.1) is 12.2 Å². The Balaban J connectivity index is 1.06. The highest BCUT2D eigenvalue weighted by Crippen LogP contribution is 2.16. The highest BCUT2D eigenvalue weighted by molar-refractivity contribution is 5.91. The van der Waals surface area contributed by atoms with E-state index in [1.54, 1.807) is 6.08 Å². The van der Waals surface area contributed by atoms with Crippen LogP contribution in [0, 0.1) is 0 Å². The number of likely N-dealkylation sites (tertiary alicyclic amines) is 1. The number of rotatable bonds is 7. The van der Waals surface area contributed by atoms with Crippen molar-refractivity contribution in [2.24, 2.45) is 0 Å². The summed E-state index contributed by atoms with van der Waals surface area (Å²) in [6, 6.07) is 13.6. The van der Waals surface area contributed by atoms with E-state index < -0.39 is 0 Å². The molecule has 8 heteroatoms. The lowest BCUT2D eigenvalue weighted by Crippen LogP contribution is -2.51. The maximum atomic E-state index is 12.6. The van der Waals surface area contributed by atoms with Crippen molar-refractivity contribution in [2.45, 2.75) is 19.4 Å². The number of pyridine rings is 1. The Labute approximate surface area is 205 Å². The van der Waals surface area contributed by atoms with E-state index in [0.29, 0.717) is 26.2 Å². The number of carbonyl (C=O) groups excluding carboxylic acids is 2. The fourth-order valence-electron chi connectivity index (χ4n) is 4.55. The summed E-state index contributed by atoms with van der Waals surface area (Å²) in [7, 11) is 0. The maximum Gasteiger partial charge on any atom is 0.246 e. The predicted octanol–water partition coefficient (Wildman–Crippen LogP) is 2.69. The zero-order chi connectivity index (χ0) is 24.0. The monoisotopic (exact) mass is 473 g/mol. The third-order valence-electron chi connectivity index (χ3n) is 6.60. The second-order valence-corrected chi connectivity index (χ2v) is 9.08. The van der Waals surface area contributed by atoms with E-state index in [0.717, 1.165) is 61.7 Å². The lowest BCUT2D eigenvalue weighted by molar-refractivity contribution is -0.132. The van der Waals surface area contributed by atoms with Gasteiger partial charge in [-0.1, -0.05) is 18.2 Å². The van der Waals surface area contributed by atoms with Gasteiger partial charge in [0.15, 0.2) is 0 Å². The second-order valence-electron chi connectivity index (χ2n) is 9.08. The van der Waals surface area contributed by atoms with Crippen LogP contribution in [0.25, 0.3) is 11.7 Å². The third kappa shape index (κ3) is 5.89. The first-order valence-electron chi connectivity index (χ1n) is 12.3. The Bertz CT molecular complexity index is 1160. The Morgan fingerprint density at radius 3 is 2.43 bits per heavy atom. The average molecular weight is 474 g/mol. The molecule has 1 aromatic carbocycles. The number of hydrogen-bond acceptors (Lipinski definition) is 5. The van der Waals surface area contributed by atoms with Gasteiger partial charge in [0.25, 0.3) is 0 Å². The van der Waals surface area contributed by atoms with E-state index in [-0.39, 0.29) is 11.8 Å². The number of imidazole rings is 1. The minimum absolute atomic E-state index is 0.00249. The molecule has 2 saturated heterocycles. The Morgan fingerprint density at radius 2 is 1.69 bits per heavy atom. The fourth-order valence-corrected chi connectivity index (χ4v) is 4.55. The molecule has 2 aliphatic heterocycles. The minimum atomic E-state index is 0.00249. The van der Waals surface area contributed by atoms with Crippen LogP contribution in [0.5, 0.6) is 5.75 Å². The summed E-state index contributed by atoms with van der Waals surface area (Å²) in [4.78, 5) is 35.5. The molecule has 2 fully saturated rings. The molecule has 5 rings (SSSR count). The van der Waals surface area contributed by atoms with E-state index in [9.17, 15) is 9.59 Å². The zero-order valence-electron chi connectivity index (χ0n) is 19.9. The van der Waals surface area contributed by atoms with Crippen LogP contribution in [0.1, 0.15) is 24.1 Å². The molecule has 2 amide bonds. The van der Waals surface area contributed by atoms with Crippen molar-refractivity contribution in [1.29, 1.82) is 0 Å². The summed E-state index contributed by atoms with van der Waals surface area (Å²) in [5.74, 6) is 0.973. The van der Waals surface area contributed by atoms with Crippen LogP contribution >= 0.6 is 0 Å². The van der Waals surface area contributed by atoms with Gasteiger partial charge < -0.3 is 18.9 Å². The lowest BCUT2D eigenvalue weighted by Gasteiger charge is -2.34. The molecule has 2 aromatic heterocycles. The molecule has 0 aliphatic carbocycles. The van der Waals surface area contributed by atoms with Crippen molar-refractivity contribution in [1.82, 2.24) is 24.1 Å². The molecule has 0 N–H and O–H groups in total. The molecule has 0 atom stereocenters. The van der Waals surface area contributed by atoms with Gasteiger partial charge in [-0.2, -0.15) is 0 Å². The molecule has 0 unspecified atom stereocenters. The largest absolute Gasteiger partial charge is 0.487 e. The standard InChI is InChI=1S/C27H31N5O3/c33-26(31-17-15-29(16-18-31)20-27(34)30-12-3-4-13-30)11-8-22-6-9-24(10-7-22)35-21-23-19-32-14-2-1-5-25(32)28-23/h1-2,5-11,14,19H,3-4,12-13,15-18,20-21H2. The normalized spacial score (nSPS) is 16.9. The van der Waals surface area contributed by atoms with E-state index in [1.165, 1.54) is 0 Å². The Hall–Kier alpha value is -3.65. The van der Waals surface area contributed by atoms with Gasteiger partial charge in [-0.15, -0.1) is 0 Å². The smallest absolute Gasteiger partial charge is 0.246 e. The van der Waals surface area contributed by atoms with Crippen LogP contribution in [0.4, 0.5) is 0 Å². The van der Waals surface area contributed by atoms with Gasteiger partial charge in [-0.3, -0.25) is 14.5 Å². The first-order valence-corrected chi connectivity index (χ1v) is 12.3. The topological polar surface area (TPSA) is 70.4 Å². The molecule has 2 aliphatic rings. The van der Waals surface area contributed by atoms with Gasteiger partial charge in [0.2, 0.25) is 11.8 Å². The fraction of sp³-hybridized carbons (Fsp3) is 0.370. The highest BCUT2D eigenvalue weighted by atomic mass is 16.5. The van der Waals surface area contributed by atoms with Gasteiger partial charge in [0.1, 0.15) is 18.0 Å². The number of carbonyl (C=O) groups is 2. The summed E-state index contributed by atoms with van der Waals surface area (Å²) in [6.45, 7) is 5.38. The number of fused-ring (bicyclic) bond motifs is 1. The van der Waals surface area contributed by atoms with Crippen LogP contribution in [0.3, 0.4) is 0 Å². The van der Waals surface area contributed by atoms with Gasteiger partial charge in [-0.25, -0.2) is 4.98 Å². The summed E-state index contributed by atoms with van der Waals surface area (Å²) < 4.78 is 7.83. The van der Waals surface area contributed by atoms with Gasteiger partial charge in [0, 0.05) is 57.7 Å². The van der Waals surface area contributed by atoms with Crippen molar-refractivity contribution >= 4 is 23.5 Å². The molecule has 35 heavy (non-hydrogen) atoms. The van der Waals surface area contributed by atoms with Gasteiger partial charge >= 0.3 is 0 Å². The SMILES string of the molecule is O=C(C=Cc1ccc(OCc2cn3ccccc3n2)cc1)N1CCN(CC(=O)N2CCCC2)CC1. The molecular formula is C27H31N5O3. The van der Waals surface area contributed by atoms with E-state index in [4.69, 9.17) is 4.74 Å². The lowest BCUT2D eigenvalue weighted by atomic mass is 10.2. The Morgan fingerprint density at radius 1 is 0.914 bits per heavy atom. The number of hydrogen-bond donors (Lipinski definition) is 0. The second kappa shape index (κ2) is 10.7. The Kier molecular flexibility index (Phi) is 7.09. The van der Waals surface area contributed by atoms with Crippen LogP contribution in [-0.2, 0) is 16.2 Å². The highest BCUT2D eigenvalue weighted by Gasteiger charge is 2.24. The number of ether oxygens (including phenoxy) is 1. The molecular weight excluding hydrogens is 442 g/mol. The first kappa shape index (κ1) is 23.1. The number of amides is 2. The number of aromatic nitrogens is 2. The summed E-state index contributed by atoms with van der Waals surface area (Å²) >= 11 is 0. The maximum absolute atomic E-state index is 12.6. The number of nitrogens with zero attached hydrogens (tertiary/aromatic N) is 5. The van der Waals surface area contributed by atoms with Crippen LogP contribution in [0.2, 0.25) is 0 Å². The molecule has 8 nitrogen and oxygen atoms in total. The minimum Gasteiger partial charge on any atom is -0.487 e. The first-order chi connectivity index (χ1) is 17.1. The van der Waals surface area contributed by atoms with Crippen LogP contribution < -0.4 is 4.74 Å². The molecule has 4 heterocycles. The van der Waals surface area contributed by atoms with Gasteiger partial charge in [-0.05, 0) is 48.7 Å². The summed E-state index contributed by atoms with van der Waals surface area (Å²) in [5, 5.41) is 0. The van der Waals surface area contributed by atoms with Crippen LogP contribution in [0.15, 0.2) is 60.9 Å². The predicted molar refractivity (Wildman–Crippen MR) is 134 cm³/mol. The molecule has 182 valence electrons. The van der Waals surface area contributed by atoms with Crippen molar-refractivity contribution in [3.8, 4) is 5.75 Å². The number of benzene rings is 1. The number of piperazine rings is 1. The zero-order valence-corrected chi connectivity index (χ0v) is 19.9. The van der Waals surface area contributed by atoms with E-state index in [2.05, 4.69) is 9.88 Å². The van der Waals surface area contributed by atoms with Crippen molar-refractivity contribution in [3.63, 3.8) is 0 Å². The average Bonchev–Trinajstić information content (AvgIpc) is 3.57. The third-order valence-corrected chi connectivity index (χ3v) is 6.60. The molecule has 0 spiro atoms. The molecule has 0 saturated carbocycles. The van der Waals surface area contributed by atoms with E-state index >= 15 is 0 Å². The van der Waals surface area contributed by atoms with Crippen molar-refractivity contribution < 1.29 is 14.3 Å². The van der Waals surface area contributed by atoms with Crippen molar-refractivity contribution in [3.05, 3.63) is 72.2 Å². The molecule has 3 aromatic rings. The van der Waals surface area contributed by atoms with E-state index in [1.807, 2.05) is 75.1 Å². The quantitative estimate of drug-likeness (QED) is 0.494. The summed E-state index contributed by atoms with van der Waals surface area (Å²) in [5.41, 5.74) is 2.70. The molecule has 0 radical (unpaired) electrons. The molecule has 0 bridgehead atoms. The summed E-state index contributed by atoms with van der Waals surface area (Å²) in [6.07, 6.45) is 9.60.